The smallest absolute Gasteiger partial charge is 0.139 e. The molecule has 0 aliphatic heterocycles. The molecule has 0 unspecified atom stereocenters. The number of aromatic hydroxyl groups is 1. The Morgan fingerprint density at radius 1 is 1.43 bits per heavy atom. The van der Waals surface area contributed by atoms with Crippen molar-refractivity contribution in [2.24, 2.45) is 0 Å². The van der Waals surface area contributed by atoms with Crippen LogP contribution in [0.25, 0.3) is 5.69 Å². The molecule has 0 aliphatic rings. The molecule has 0 bridgehead atoms. The largest absolute Gasteiger partial charge is 0.506 e. The first-order chi connectivity index (χ1) is 6.81. The SMILES string of the molecule is N#Cc1ccc(O)c(-n2ccnc2)c1. The van der Waals surface area contributed by atoms with Crippen molar-refractivity contribution in [3.05, 3.63) is 42.5 Å². The van der Waals surface area contributed by atoms with Crippen LogP contribution in [0.3, 0.4) is 0 Å². The number of nitrogens with zero attached hydrogens (tertiary/aromatic N) is 3. The molecule has 2 rings (SSSR count). The highest BCUT2D eigenvalue weighted by Crippen LogP contribution is 2.21. The van der Waals surface area contributed by atoms with E-state index >= 15 is 0 Å². The summed E-state index contributed by atoms with van der Waals surface area (Å²) < 4.78 is 1.65. The Morgan fingerprint density at radius 3 is 2.93 bits per heavy atom. The van der Waals surface area contributed by atoms with Gasteiger partial charge in [-0.25, -0.2) is 4.98 Å². The lowest BCUT2D eigenvalue weighted by atomic mass is 10.2. The van der Waals surface area contributed by atoms with Crippen molar-refractivity contribution >= 4 is 0 Å². The van der Waals surface area contributed by atoms with E-state index in [0.29, 0.717) is 11.3 Å². The molecule has 1 heterocycles. The van der Waals surface area contributed by atoms with Crippen LogP contribution in [-0.2, 0) is 0 Å². The molecule has 2 aromatic rings. The number of hydrogen-bond donors (Lipinski definition) is 1. The Hall–Kier alpha value is -2.28. The number of hydrogen-bond acceptors (Lipinski definition) is 3. The van der Waals surface area contributed by atoms with Crippen molar-refractivity contribution in [3.63, 3.8) is 0 Å². The minimum Gasteiger partial charge on any atom is -0.506 e. The number of aromatic nitrogens is 2. The quantitative estimate of drug-likeness (QED) is 0.731. The number of phenols is 1. The van der Waals surface area contributed by atoms with Gasteiger partial charge in [0, 0.05) is 12.4 Å². The molecule has 4 heteroatoms. The zero-order valence-corrected chi connectivity index (χ0v) is 7.25. The van der Waals surface area contributed by atoms with Crippen molar-refractivity contribution in [2.75, 3.05) is 0 Å². The number of imidazole rings is 1. The summed E-state index contributed by atoms with van der Waals surface area (Å²) in [5.74, 6) is 0.127. The van der Waals surface area contributed by atoms with E-state index in [9.17, 15) is 5.11 Å². The van der Waals surface area contributed by atoms with Crippen molar-refractivity contribution in [3.8, 4) is 17.5 Å². The van der Waals surface area contributed by atoms with Crippen LogP contribution in [0.5, 0.6) is 5.75 Å². The lowest BCUT2D eigenvalue weighted by Gasteiger charge is -2.04. The molecule has 0 saturated heterocycles. The number of benzene rings is 1. The third kappa shape index (κ3) is 1.31. The van der Waals surface area contributed by atoms with Crippen LogP contribution in [0.1, 0.15) is 5.56 Å². The van der Waals surface area contributed by atoms with Gasteiger partial charge < -0.3 is 9.67 Å². The molecule has 0 fully saturated rings. The Balaban J connectivity index is 2.58. The molecule has 1 aromatic heterocycles. The van der Waals surface area contributed by atoms with Gasteiger partial charge in [-0.3, -0.25) is 0 Å². The minimum absolute atomic E-state index is 0.127. The fourth-order valence-corrected chi connectivity index (χ4v) is 1.20. The van der Waals surface area contributed by atoms with Crippen LogP contribution >= 0.6 is 0 Å². The third-order valence-electron chi connectivity index (χ3n) is 1.89. The molecule has 0 saturated carbocycles. The summed E-state index contributed by atoms with van der Waals surface area (Å²) in [5, 5.41) is 18.2. The van der Waals surface area contributed by atoms with E-state index in [4.69, 9.17) is 5.26 Å². The summed E-state index contributed by atoms with van der Waals surface area (Å²) in [6.07, 6.45) is 4.88. The molecule has 1 aromatic carbocycles. The predicted octanol–water partition coefficient (Wildman–Crippen LogP) is 1.45. The van der Waals surface area contributed by atoms with Gasteiger partial charge in [0.25, 0.3) is 0 Å². The fraction of sp³-hybridized carbons (Fsp3) is 0. The average Bonchev–Trinajstić information content (AvgIpc) is 2.71. The first-order valence-electron chi connectivity index (χ1n) is 4.02. The monoisotopic (exact) mass is 185 g/mol. The van der Waals surface area contributed by atoms with E-state index in [0.717, 1.165) is 0 Å². The van der Waals surface area contributed by atoms with E-state index in [1.165, 1.54) is 6.07 Å². The predicted molar refractivity (Wildman–Crippen MR) is 49.9 cm³/mol. The lowest BCUT2D eigenvalue weighted by Crippen LogP contribution is -1.91. The summed E-state index contributed by atoms with van der Waals surface area (Å²) >= 11 is 0. The molecule has 4 nitrogen and oxygen atoms in total. The zero-order chi connectivity index (χ0) is 9.97. The number of nitriles is 1. The maximum atomic E-state index is 9.54. The van der Waals surface area contributed by atoms with Crippen LogP contribution in [0.2, 0.25) is 0 Å². The fourth-order valence-electron chi connectivity index (χ4n) is 1.20. The summed E-state index contributed by atoms with van der Waals surface area (Å²) in [6, 6.07) is 6.68. The molecule has 1 N–H and O–H groups in total. The van der Waals surface area contributed by atoms with Crippen LogP contribution < -0.4 is 0 Å². The van der Waals surface area contributed by atoms with E-state index in [1.54, 1.807) is 35.4 Å². The molecular weight excluding hydrogens is 178 g/mol. The second kappa shape index (κ2) is 3.23. The van der Waals surface area contributed by atoms with E-state index in [2.05, 4.69) is 4.98 Å². The Labute approximate surface area is 80.7 Å². The van der Waals surface area contributed by atoms with E-state index in [1.807, 2.05) is 6.07 Å². The van der Waals surface area contributed by atoms with Crippen LogP contribution in [-0.4, -0.2) is 14.7 Å². The minimum atomic E-state index is 0.127. The van der Waals surface area contributed by atoms with Gasteiger partial charge in [-0.1, -0.05) is 0 Å². The lowest BCUT2D eigenvalue weighted by molar-refractivity contribution is 0.472. The van der Waals surface area contributed by atoms with E-state index in [-0.39, 0.29) is 5.75 Å². The number of phenolic OH excluding ortho intramolecular Hbond substituents is 1. The molecule has 0 spiro atoms. The Morgan fingerprint density at radius 2 is 2.29 bits per heavy atom. The van der Waals surface area contributed by atoms with Crippen molar-refractivity contribution in [1.29, 1.82) is 5.26 Å². The van der Waals surface area contributed by atoms with Gasteiger partial charge in [0.1, 0.15) is 5.75 Å². The maximum Gasteiger partial charge on any atom is 0.139 e. The topological polar surface area (TPSA) is 61.8 Å². The standard InChI is InChI=1S/C10H7N3O/c11-6-8-1-2-10(14)9(5-8)13-4-3-12-7-13/h1-5,7,14H. The van der Waals surface area contributed by atoms with Crippen LogP contribution in [0.4, 0.5) is 0 Å². The normalized spacial score (nSPS) is 9.64. The number of rotatable bonds is 1. The van der Waals surface area contributed by atoms with Gasteiger partial charge in [0.05, 0.1) is 23.6 Å². The van der Waals surface area contributed by atoms with Crippen LogP contribution in [0, 0.1) is 11.3 Å². The van der Waals surface area contributed by atoms with Gasteiger partial charge in [0.2, 0.25) is 0 Å². The summed E-state index contributed by atoms with van der Waals surface area (Å²) in [5.41, 5.74) is 1.06. The second-order valence-electron chi connectivity index (χ2n) is 2.79. The maximum absolute atomic E-state index is 9.54. The summed E-state index contributed by atoms with van der Waals surface area (Å²) in [6.45, 7) is 0. The van der Waals surface area contributed by atoms with Gasteiger partial charge in [-0.15, -0.1) is 0 Å². The highest BCUT2D eigenvalue weighted by atomic mass is 16.3. The van der Waals surface area contributed by atoms with Crippen molar-refractivity contribution < 1.29 is 5.11 Å². The molecule has 0 atom stereocenters. The molecule has 0 aliphatic carbocycles. The van der Waals surface area contributed by atoms with E-state index < -0.39 is 0 Å². The average molecular weight is 185 g/mol. The zero-order valence-electron chi connectivity index (χ0n) is 7.25. The van der Waals surface area contributed by atoms with Crippen molar-refractivity contribution in [1.82, 2.24) is 9.55 Å². The molecular formula is C10H7N3O. The summed E-state index contributed by atoms with van der Waals surface area (Å²) in [7, 11) is 0. The van der Waals surface area contributed by atoms with Gasteiger partial charge in [0.15, 0.2) is 0 Å². The highest BCUT2D eigenvalue weighted by molar-refractivity contribution is 5.50. The molecule has 14 heavy (non-hydrogen) atoms. The Bertz CT molecular complexity index is 483. The van der Waals surface area contributed by atoms with Gasteiger partial charge in [-0.05, 0) is 18.2 Å². The molecule has 68 valence electrons. The highest BCUT2D eigenvalue weighted by Gasteiger charge is 2.03. The van der Waals surface area contributed by atoms with Crippen molar-refractivity contribution in [2.45, 2.75) is 0 Å². The second-order valence-corrected chi connectivity index (χ2v) is 2.79. The van der Waals surface area contributed by atoms with Crippen LogP contribution in [0.15, 0.2) is 36.9 Å². The molecule has 0 amide bonds. The first-order valence-corrected chi connectivity index (χ1v) is 4.02. The first kappa shape index (κ1) is 8.32. The van der Waals surface area contributed by atoms with Gasteiger partial charge in [-0.2, -0.15) is 5.26 Å². The van der Waals surface area contributed by atoms with Gasteiger partial charge >= 0.3 is 0 Å². The summed E-state index contributed by atoms with van der Waals surface area (Å²) in [4.78, 5) is 3.86. The third-order valence-corrected chi connectivity index (χ3v) is 1.89. The molecule has 0 radical (unpaired) electrons. The Kier molecular flexibility index (Phi) is 1.92.